The highest BCUT2D eigenvalue weighted by Gasteiger charge is 2.21. The molecule has 3 rings (SSSR count). The molecule has 0 aliphatic heterocycles. The first-order valence-corrected chi connectivity index (χ1v) is 7.74. The third kappa shape index (κ3) is 3.94. The number of nitrogens with one attached hydrogen (secondary N) is 1. The molecule has 2 aromatic rings. The molecule has 0 amide bonds. The minimum absolute atomic E-state index is 0.428. The van der Waals surface area contributed by atoms with E-state index in [1.54, 1.807) is 0 Å². The molecule has 1 N–H and O–H groups in total. The molecule has 20 heavy (non-hydrogen) atoms. The summed E-state index contributed by atoms with van der Waals surface area (Å²) in [5, 5.41) is 3.76. The van der Waals surface area contributed by atoms with Crippen LogP contribution in [0.4, 0.5) is 0 Å². The highest BCUT2D eigenvalue weighted by Crippen LogP contribution is 2.32. The van der Waals surface area contributed by atoms with Crippen LogP contribution in [0.5, 0.6) is 0 Å². The summed E-state index contributed by atoms with van der Waals surface area (Å²) in [5.41, 5.74) is 2.80. The van der Waals surface area contributed by atoms with Gasteiger partial charge in [0.2, 0.25) is 0 Å². The van der Waals surface area contributed by atoms with Crippen LogP contribution < -0.4 is 5.32 Å². The number of hydrogen-bond acceptors (Lipinski definition) is 1. The molecule has 1 aliphatic rings. The molecule has 104 valence electrons. The van der Waals surface area contributed by atoms with Gasteiger partial charge in [0.15, 0.2) is 0 Å². The summed E-state index contributed by atoms with van der Waals surface area (Å²) < 4.78 is 0. The Balaban J connectivity index is 1.65. The summed E-state index contributed by atoms with van der Waals surface area (Å²) in [7, 11) is 0. The molecule has 1 heteroatoms. The molecule has 1 atom stereocenters. The van der Waals surface area contributed by atoms with Crippen molar-refractivity contribution in [3.05, 3.63) is 71.8 Å². The van der Waals surface area contributed by atoms with E-state index in [0.29, 0.717) is 6.04 Å². The van der Waals surface area contributed by atoms with Crippen molar-refractivity contribution in [2.24, 2.45) is 5.92 Å². The third-order valence-corrected chi connectivity index (χ3v) is 4.12. The van der Waals surface area contributed by atoms with E-state index >= 15 is 0 Å². The first kappa shape index (κ1) is 13.4. The molecule has 0 aromatic heterocycles. The van der Waals surface area contributed by atoms with E-state index in [9.17, 15) is 0 Å². The normalized spacial score (nSPS) is 16.0. The van der Waals surface area contributed by atoms with E-state index in [1.807, 2.05) is 0 Å². The minimum Gasteiger partial charge on any atom is -0.310 e. The quantitative estimate of drug-likeness (QED) is 0.784. The topological polar surface area (TPSA) is 12.0 Å². The van der Waals surface area contributed by atoms with Crippen LogP contribution in [0.1, 0.15) is 36.4 Å². The van der Waals surface area contributed by atoms with Crippen molar-refractivity contribution in [3.8, 4) is 0 Å². The predicted molar refractivity (Wildman–Crippen MR) is 84.7 cm³/mol. The van der Waals surface area contributed by atoms with Crippen LogP contribution in [0, 0.1) is 5.92 Å². The van der Waals surface area contributed by atoms with Gasteiger partial charge in [0, 0.05) is 6.04 Å². The summed E-state index contributed by atoms with van der Waals surface area (Å²) in [6.45, 7) is 1.14. The van der Waals surface area contributed by atoms with Gasteiger partial charge in [-0.05, 0) is 36.4 Å². The smallest absolute Gasteiger partial charge is 0.0360 e. The number of rotatable bonds is 7. The fourth-order valence-corrected chi connectivity index (χ4v) is 2.71. The zero-order valence-corrected chi connectivity index (χ0v) is 12.0. The molecule has 2 aromatic carbocycles. The highest BCUT2D eigenvalue weighted by molar-refractivity contribution is 5.23. The van der Waals surface area contributed by atoms with Gasteiger partial charge in [-0.2, -0.15) is 0 Å². The first-order chi connectivity index (χ1) is 9.92. The zero-order chi connectivity index (χ0) is 13.6. The first-order valence-electron chi connectivity index (χ1n) is 7.74. The molecular formula is C19H23N. The van der Waals surface area contributed by atoms with Gasteiger partial charge in [-0.3, -0.25) is 0 Å². The summed E-state index contributed by atoms with van der Waals surface area (Å²) in [4.78, 5) is 0. The van der Waals surface area contributed by atoms with Crippen molar-refractivity contribution in [2.75, 3.05) is 6.54 Å². The van der Waals surface area contributed by atoms with Crippen LogP contribution in [0.25, 0.3) is 0 Å². The van der Waals surface area contributed by atoms with Crippen molar-refractivity contribution < 1.29 is 0 Å². The molecular weight excluding hydrogens is 242 g/mol. The Morgan fingerprint density at radius 3 is 2.20 bits per heavy atom. The SMILES string of the molecule is c1ccc(CC(NCCC2CC2)c2ccccc2)cc1. The standard InChI is InChI=1S/C19H23N/c1-3-7-17(8-4-1)15-19(18-9-5-2-6-10-18)20-14-13-16-11-12-16/h1-10,16,19-20H,11-15H2. The average molecular weight is 265 g/mol. The van der Waals surface area contributed by atoms with Crippen molar-refractivity contribution in [3.63, 3.8) is 0 Å². The van der Waals surface area contributed by atoms with E-state index in [1.165, 1.54) is 30.4 Å². The Labute approximate surface area is 122 Å². The summed E-state index contributed by atoms with van der Waals surface area (Å²) in [6, 6.07) is 22.0. The maximum atomic E-state index is 3.76. The van der Waals surface area contributed by atoms with Crippen LogP contribution in [0.3, 0.4) is 0 Å². The van der Waals surface area contributed by atoms with Crippen molar-refractivity contribution >= 4 is 0 Å². The maximum Gasteiger partial charge on any atom is 0.0360 e. The van der Waals surface area contributed by atoms with Gasteiger partial charge in [-0.15, -0.1) is 0 Å². The summed E-state index contributed by atoms with van der Waals surface area (Å²) in [6.07, 6.45) is 5.28. The fourth-order valence-electron chi connectivity index (χ4n) is 2.71. The Morgan fingerprint density at radius 1 is 0.900 bits per heavy atom. The van der Waals surface area contributed by atoms with Crippen LogP contribution in [-0.4, -0.2) is 6.54 Å². The van der Waals surface area contributed by atoms with Crippen LogP contribution >= 0.6 is 0 Å². The molecule has 1 saturated carbocycles. The van der Waals surface area contributed by atoms with Gasteiger partial charge >= 0.3 is 0 Å². The second-order valence-electron chi connectivity index (χ2n) is 5.84. The van der Waals surface area contributed by atoms with Crippen LogP contribution in [0.2, 0.25) is 0 Å². The molecule has 0 heterocycles. The van der Waals surface area contributed by atoms with E-state index < -0.39 is 0 Å². The average Bonchev–Trinajstić information content (AvgIpc) is 3.32. The molecule has 0 bridgehead atoms. The molecule has 0 saturated heterocycles. The molecule has 1 aliphatic carbocycles. The van der Waals surface area contributed by atoms with Crippen molar-refractivity contribution in [1.82, 2.24) is 5.32 Å². The van der Waals surface area contributed by atoms with Crippen LogP contribution in [0.15, 0.2) is 60.7 Å². The maximum absolute atomic E-state index is 3.76. The second-order valence-corrected chi connectivity index (χ2v) is 5.84. The van der Waals surface area contributed by atoms with Gasteiger partial charge in [0.25, 0.3) is 0 Å². The lowest BCUT2D eigenvalue weighted by Crippen LogP contribution is -2.24. The van der Waals surface area contributed by atoms with E-state index in [2.05, 4.69) is 66.0 Å². The minimum atomic E-state index is 0.428. The monoisotopic (exact) mass is 265 g/mol. The molecule has 1 nitrogen and oxygen atoms in total. The van der Waals surface area contributed by atoms with Crippen molar-refractivity contribution in [1.29, 1.82) is 0 Å². The van der Waals surface area contributed by atoms with Gasteiger partial charge in [0.05, 0.1) is 0 Å². The zero-order valence-electron chi connectivity index (χ0n) is 12.0. The van der Waals surface area contributed by atoms with Gasteiger partial charge in [-0.25, -0.2) is 0 Å². The Bertz CT molecular complexity index is 502. The number of hydrogen-bond donors (Lipinski definition) is 1. The van der Waals surface area contributed by atoms with Gasteiger partial charge in [0.1, 0.15) is 0 Å². The molecule has 1 fully saturated rings. The lowest BCUT2D eigenvalue weighted by Gasteiger charge is -2.19. The molecule has 1 unspecified atom stereocenters. The lowest BCUT2D eigenvalue weighted by atomic mass is 9.98. The highest BCUT2D eigenvalue weighted by atomic mass is 14.9. The van der Waals surface area contributed by atoms with E-state index in [-0.39, 0.29) is 0 Å². The van der Waals surface area contributed by atoms with Gasteiger partial charge < -0.3 is 5.32 Å². The number of benzene rings is 2. The van der Waals surface area contributed by atoms with Crippen molar-refractivity contribution in [2.45, 2.75) is 31.7 Å². The Hall–Kier alpha value is -1.60. The summed E-state index contributed by atoms with van der Waals surface area (Å²) in [5.74, 6) is 0.996. The van der Waals surface area contributed by atoms with E-state index in [4.69, 9.17) is 0 Å². The van der Waals surface area contributed by atoms with Gasteiger partial charge in [-0.1, -0.05) is 73.5 Å². The third-order valence-electron chi connectivity index (χ3n) is 4.12. The Morgan fingerprint density at radius 2 is 1.55 bits per heavy atom. The molecule has 0 radical (unpaired) electrons. The fraction of sp³-hybridized carbons (Fsp3) is 0.368. The van der Waals surface area contributed by atoms with E-state index in [0.717, 1.165) is 18.9 Å². The lowest BCUT2D eigenvalue weighted by molar-refractivity contribution is 0.507. The second kappa shape index (κ2) is 6.71. The van der Waals surface area contributed by atoms with Crippen LogP contribution in [-0.2, 0) is 6.42 Å². The molecule has 0 spiro atoms. The predicted octanol–water partition coefficient (Wildman–Crippen LogP) is 4.36. The largest absolute Gasteiger partial charge is 0.310 e. The Kier molecular flexibility index (Phi) is 4.49. The summed E-state index contributed by atoms with van der Waals surface area (Å²) >= 11 is 0.